The summed E-state index contributed by atoms with van der Waals surface area (Å²) in [4.78, 5) is 4.27. The van der Waals surface area contributed by atoms with E-state index in [4.69, 9.17) is 11.6 Å². The molecule has 0 N–H and O–H groups in total. The molecule has 1 aromatic rings. The van der Waals surface area contributed by atoms with Gasteiger partial charge in [0, 0.05) is 24.7 Å². The SMILES string of the molecule is C=C/C=C(\C(F)=C/C)N1CCN(Cc2ccccc2Cl)C1. The van der Waals surface area contributed by atoms with Gasteiger partial charge in [-0.25, -0.2) is 4.39 Å². The van der Waals surface area contributed by atoms with E-state index in [2.05, 4.69) is 11.5 Å². The van der Waals surface area contributed by atoms with Crippen LogP contribution in [-0.4, -0.2) is 29.6 Å². The fourth-order valence-corrected chi connectivity index (χ4v) is 2.63. The van der Waals surface area contributed by atoms with Crippen LogP contribution < -0.4 is 0 Å². The summed E-state index contributed by atoms with van der Waals surface area (Å²) in [5.41, 5.74) is 1.69. The Labute approximate surface area is 130 Å². The first-order valence-electron chi connectivity index (χ1n) is 7.01. The van der Waals surface area contributed by atoms with Crippen molar-refractivity contribution < 1.29 is 4.39 Å². The highest BCUT2D eigenvalue weighted by Crippen LogP contribution is 2.23. The van der Waals surface area contributed by atoms with E-state index in [0.29, 0.717) is 12.4 Å². The second kappa shape index (κ2) is 7.43. The molecule has 21 heavy (non-hydrogen) atoms. The molecule has 1 fully saturated rings. The van der Waals surface area contributed by atoms with E-state index in [1.807, 2.05) is 29.2 Å². The Bertz CT molecular complexity index is 566. The van der Waals surface area contributed by atoms with Gasteiger partial charge in [-0.3, -0.25) is 4.90 Å². The summed E-state index contributed by atoms with van der Waals surface area (Å²) >= 11 is 6.19. The monoisotopic (exact) mass is 306 g/mol. The molecule has 1 aromatic carbocycles. The molecule has 0 aromatic heterocycles. The lowest BCUT2D eigenvalue weighted by Crippen LogP contribution is -2.25. The van der Waals surface area contributed by atoms with Gasteiger partial charge in [0.25, 0.3) is 0 Å². The fourth-order valence-electron chi connectivity index (χ4n) is 2.43. The topological polar surface area (TPSA) is 6.48 Å². The van der Waals surface area contributed by atoms with Gasteiger partial charge in [-0.15, -0.1) is 0 Å². The van der Waals surface area contributed by atoms with E-state index < -0.39 is 0 Å². The predicted molar refractivity (Wildman–Crippen MR) is 86.6 cm³/mol. The van der Waals surface area contributed by atoms with Gasteiger partial charge in [0.15, 0.2) is 0 Å². The normalized spacial score (nSPS) is 17.4. The molecule has 0 bridgehead atoms. The van der Waals surface area contributed by atoms with Crippen molar-refractivity contribution in [3.05, 3.63) is 71.2 Å². The summed E-state index contributed by atoms with van der Waals surface area (Å²) in [5, 5.41) is 0.775. The van der Waals surface area contributed by atoms with E-state index in [9.17, 15) is 4.39 Å². The molecule has 0 amide bonds. The van der Waals surface area contributed by atoms with Crippen molar-refractivity contribution in [3.8, 4) is 0 Å². The summed E-state index contributed by atoms with van der Waals surface area (Å²) in [5.74, 6) is -0.213. The van der Waals surface area contributed by atoms with Crippen molar-refractivity contribution >= 4 is 11.6 Å². The number of benzene rings is 1. The number of halogens is 2. The van der Waals surface area contributed by atoms with Crippen LogP contribution in [0.3, 0.4) is 0 Å². The second-order valence-corrected chi connectivity index (χ2v) is 5.38. The lowest BCUT2D eigenvalue weighted by molar-refractivity contribution is 0.270. The molecule has 1 heterocycles. The van der Waals surface area contributed by atoms with Crippen molar-refractivity contribution in [2.24, 2.45) is 0 Å². The minimum atomic E-state index is -0.213. The van der Waals surface area contributed by atoms with Crippen molar-refractivity contribution in [3.63, 3.8) is 0 Å². The molecule has 2 rings (SSSR count). The lowest BCUT2D eigenvalue weighted by Gasteiger charge is -2.22. The van der Waals surface area contributed by atoms with Crippen LogP contribution in [0.1, 0.15) is 12.5 Å². The first-order chi connectivity index (χ1) is 10.2. The molecule has 1 saturated heterocycles. The first-order valence-corrected chi connectivity index (χ1v) is 7.39. The predicted octanol–water partition coefficient (Wildman–Crippen LogP) is 4.36. The highest BCUT2D eigenvalue weighted by Gasteiger charge is 2.23. The maximum atomic E-state index is 13.9. The zero-order valence-corrected chi connectivity index (χ0v) is 13.0. The van der Waals surface area contributed by atoms with Crippen LogP contribution in [0.4, 0.5) is 4.39 Å². The van der Waals surface area contributed by atoms with Crippen molar-refractivity contribution in [1.82, 2.24) is 9.80 Å². The van der Waals surface area contributed by atoms with Crippen LogP contribution >= 0.6 is 11.6 Å². The van der Waals surface area contributed by atoms with Crippen LogP contribution in [0.25, 0.3) is 0 Å². The molecule has 2 nitrogen and oxygen atoms in total. The summed E-state index contributed by atoms with van der Waals surface area (Å²) < 4.78 is 13.9. The quantitative estimate of drug-likeness (QED) is 0.746. The number of nitrogens with zero attached hydrogens (tertiary/aromatic N) is 2. The minimum absolute atomic E-state index is 0.213. The Hall–Kier alpha value is -1.58. The largest absolute Gasteiger partial charge is 0.355 e. The Morgan fingerprint density at radius 1 is 1.38 bits per heavy atom. The molecule has 0 saturated carbocycles. The van der Waals surface area contributed by atoms with Gasteiger partial charge in [-0.05, 0) is 30.7 Å². The average molecular weight is 307 g/mol. The molecule has 4 heteroatoms. The molecule has 0 radical (unpaired) electrons. The van der Waals surface area contributed by atoms with E-state index in [1.165, 1.54) is 6.08 Å². The Morgan fingerprint density at radius 2 is 2.14 bits per heavy atom. The van der Waals surface area contributed by atoms with E-state index in [-0.39, 0.29) is 5.83 Å². The minimum Gasteiger partial charge on any atom is -0.355 e. The zero-order chi connectivity index (χ0) is 15.2. The standard InChI is InChI=1S/C17H20ClFN2/c1-3-7-17(16(19)4-2)21-11-10-20(13-21)12-14-8-5-6-9-15(14)18/h3-9H,1,10-13H2,2H3/b16-4+,17-7+. The molecular formula is C17H20ClFN2. The van der Waals surface area contributed by atoms with Crippen LogP contribution in [0, 0.1) is 0 Å². The first kappa shape index (κ1) is 15.8. The number of allylic oxidation sites excluding steroid dienone is 4. The van der Waals surface area contributed by atoms with E-state index in [1.54, 1.807) is 19.1 Å². The summed E-state index contributed by atoms with van der Waals surface area (Å²) in [6.45, 7) is 8.50. The summed E-state index contributed by atoms with van der Waals surface area (Å²) in [6.07, 6.45) is 4.82. The maximum Gasteiger partial charge on any atom is 0.142 e. The van der Waals surface area contributed by atoms with Gasteiger partial charge in [0.1, 0.15) is 5.83 Å². The smallest absolute Gasteiger partial charge is 0.142 e. The van der Waals surface area contributed by atoms with Crippen molar-refractivity contribution in [2.75, 3.05) is 19.8 Å². The van der Waals surface area contributed by atoms with Crippen molar-refractivity contribution in [2.45, 2.75) is 13.5 Å². The van der Waals surface area contributed by atoms with Gasteiger partial charge in [0.2, 0.25) is 0 Å². The highest BCUT2D eigenvalue weighted by molar-refractivity contribution is 6.31. The van der Waals surface area contributed by atoms with Crippen LogP contribution in [0.5, 0.6) is 0 Å². The van der Waals surface area contributed by atoms with Crippen molar-refractivity contribution in [1.29, 1.82) is 0 Å². The summed E-state index contributed by atoms with van der Waals surface area (Å²) in [6, 6.07) is 7.83. The van der Waals surface area contributed by atoms with Crippen LogP contribution in [0.15, 0.2) is 60.6 Å². The van der Waals surface area contributed by atoms with E-state index in [0.717, 1.165) is 30.2 Å². The van der Waals surface area contributed by atoms with Gasteiger partial charge in [-0.2, -0.15) is 0 Å². The lowest BCUT2D eigenvalue weighted by atomic mass is 10.2. The molecule has 112 valence electrons. The average Bonchev–Trinajstić information content (AvgIpc) is 2.94. The third-order valence-corrected chi connectivity index (χ3v) is 3.89. The Kier molecular flexibility index (Phi) is 5.59. The molecule has 0 spiro atoms. The molecule has 0 atom stereocenters. The van der Waals surface area contributed by atoms with Gasteiger partial charge in [0.05, 0.1) is 12.4 Å². The number of hydrogen-bond donors (Lipinski definition) is 0. The fraction of sp³-hybridized carbons (Fsp3) is 0.294. The molecule has 1 aliphatic rings. The molecule has 0 aliphatic carbocycles. The third-order valence-electron chi connectivity index (χ3n) is 3.52. The van der Waals surface area contributed by atoms with Gasteiger partial charge < -0.3 is 4.90 Å². The molecule has 0 unspecified atom stereocenters. The maximum absolute atomic E-state index is 13.9. The second-order valence-electron chi connectivity index (χ2n) is 4.97. The third kappa shape index (κ3) is 3.96. The summed E-state index contributed by atoms with van der Waals surface area (Å²) in [7, 11) is 0. The molecule has 1 aliphatic heterocycles. The highest BCUT2D eigenvalue weighted by atomic mass is 35.5. The van der Waals surface area contributed by atoms with Gasteiger partial charge in [-0.1, -0.05) is 42.5 Å². The zero-order valence-electron chi connectivity index (χ0n) is 12.2. The van der Waals surface area contributed by atoms with E-state index >= 15 is 0 Å². The van der Waals surface area contributed by atoms with Gasteiger partial charge >= 0.3 is 0 Å². The number of hydrogen-bond acceptors (Lipinski definition) is 2. The Morgan fingerprint density at radius 3 is 2.81 bits per heavy atom. The van der Waals surface area contributed by atoms with Crippen LogP contribution in [0.2, 0.25) is 5.02 Å². The Balaban J connectivity index is 2.05. The molecular weight excluding hydrogens is 287 g/mol. The number of rotatable bonds is 5. The van der Waals surface area contributed by atoms with Crippen LogP contribution in [-0.2, 0) is 6.54 Å².